The fraction of sp³-hybridized carbons (Fsp3) is 0.408. The number of benzene rings is 4. The molecule has 1 saturated carbocycles. The lowest BCUT2D eigenvalue weighted by atomic mass is 9.81. The SMILES string of the molecule is CCOc1cc(Oc2ccc(C(F)(F)F)cc2Cl)ccc1[N+](=O)[O-].CCc1cccc(C)c1N(C(=O)CCl)C(C)COC.CP(=O)(O)CCC(N)C(=O)O.CS(=O)(=O)c1ccc(C(=O)C2C(=O)CCCC2=O)c([N+](=O)[O-])c1. The van der Waals surface area contributed by atoms with Crippen LogP contribution in [0.25, 0.3) is 0 Å². The molecule has 0 heterocycles. The number of aliphatic carboxylic acids is 1. The van der Waals surface area contributed by atoms with Gasteiger partial charge in [-0.1, -0.05) is 36.7 Å². The summed E-state index contributed by atoms with van der Waals surface area (Å²) in [5, 5.41) is 30.1. The van der Waals surface area contributed by atoms with Crippen molar-refractivity contribution in [2.24, 2.45) is 11.7 Å². The zero-order valence-electron chi connectivity index (χ0n) is 42.7. The first-order valence-corrected chi connectivity index (χ1v) is 28.1. The summed E-state index contributed by atoms with van der Waals surface area (Å²) < 4.78 is 87.2. The Morgan fingerprint density at radius 1 is 0.961 bits per heavy atom. The normalized spacial score (nSPS) is 14.1. The Labute approximate surface area is 451 Å². The molecule has 4 aromatic rings. The summed E-state index contributed by atoms with van der Waals surface area (Å²) >= 11 is 11.6. The Morgan fingerprint density at radius 2 is 1.57 bits per heavy atom. The molecule has 0 spiro atoms. The lowest BCUT2D eigenvalue weighted by molar-refractivity contribution is -0.385. The lowest BCUT2D eigenvalue weighted by Gasteiger charge is -2.31. The first kappa shape index (κ1) is 66.8. The van der Waals surface area contributed by atoms with E-state index < -0.39 is 85.3 Å². The molecule has 4 N–H and O–H groups in total. The number of halogens is 5. The van der Waals surface area contributed by atoms with E-state index in [1.807, 2.05) is 26.0 Å². The van der Waals surface area contributed by atoms with Gasteiger partial charge >= 0.3 is 17.8 Å². The highest BCUT2D eigenvalue weighted by Crippen LogP contribution is 2.39. The first-order valence-electron chi connectivity index (χ1n) is 23.0. The number of nitrogens with zero attached hydrogens (tertiary/aromatic N) is 3. The maximum atomic E-state index is 12.6. The Bertz CT molecular complexity index is 2950. The highest BCUT2D eigenvalue weighted by atomic mass is 35.5. The number of aryl methyl sites for hydroxylation is 2. The van der Waals surface area contributed by atoms with Crippen LogP contribution in [-0.4, -0.2) is 115 Å². The number of hydrogen-bond acceptors (Lipinski definition) is 16. The molecule has 3 atom stereocenters. The van der Waals surface area contributed by atoms with Gasteiger partial charge in [-0.25, -0.2) is 8.42 Å². The van der Waals surface area contributed by atoms with Gasteiger partial charge in [0.1, 0.15) is 29.3 Å². The Hall–Kier alpha value is -6.34. The number of Topliss-reactive ketones (excluding diaryl/α,β-unsaturated/α-hetero) is 3. The summed E-state index contributed by atoms with van der Waals surface area (Å²) in [4.78, 5) is 89.1. The van der Waals surface area contributed by atoms with Crippen molar-refractivity contribution in [3.63, 3.8) is 0 Å². The summed E-state index contributed by atoms with van der Waals surface area (Å²) in [6.45, 7) is 9.60. The minimum atomic E-state index is -4.52. The second-order valence-electron chi connectivity index (χ2n) is 17.0. The molecule has 0 bridgehead atoms. The topological polar surface area (TPSA) is 320 Å². The molecule has 1 amide bonds. The Morgan fingerprint density at radius 3 is 2.05 bits per heavy atom. The number of carboxylic acid groups (broad SMARTS) is 1. The Balaban J connectivity index is 0.000000363. The Kier molecular flexibility index (Phi) is 26.0. The number of para-hydroxylation sites is 1. The van der Waals surface area contributed by atoms with Crippen molar-refractivity contribution in [3.05, 3.63) is 120 Å². The van der Waals surface area contributed by atoms with Crippen LogP contribution in [0.5, 0.6) is 17.2 Å². The number of carbonyl (C=O) groups excluding carboxylic acids is 4. The summed E-state index contributed by atoms with van der Waals surface area (Å²) in [5.41, 5.74) is 5.98. The third-order valence-electron chi connectivity index (χ3n) is 10.9. The molecule has 21 nitrogen and oxygen atoms in total. The van der Waals surface area contributed by atoms with Crippen LogP contribution in [0.1, 0.15) is 73.5 Å². The van der Waals surface area contributed by atoms with E-state index in [0.29, 0.717) is 13.0 Å². The molecule has 0 aromatic heterocycles. The van der Waals surface area contributed by atoms with Crippen LogP contribution >= 0.6 is 30.6 Å². The zero-order valence-corrected chi connectivity index (χ0v) is 45.9. The molecule has 1 fully saturated rings. The number of anilines is 1. The van der Waals surface area contributed by atoms with Crippen LogP contribution in [0.4, 0.5) is 30.2 Å². The highest BCUT2D eigenvalue weighted by molar-refractivity contribution is 7.90. The van der Waals surface area contributed by atoms with Gasteiger partial charge < -0.3 is 34.8 Å². The number of carbonyl (C=O) groups is 5. The molecule has 0 aliphatic heterocycles. The molecule has 0 radical (unpaired) electrons. The van der Waals surface area contributed by atoms with Crippen molar-refractivity contribution in [3.8, 4) is 17.2 Å². The smallest absolute Gasteiger partial charge is 0.416 e. The van der Waals surface area contributed by atoms with Gasteiger partial charge in [-0.2, -0.15) is 13.2 Å². The maximum absolute atomic E-state index is 12.6. The molecular weight excluding hydrogens is 1110 g/mol. The fourth-order valence-corrected chi connectivity index (χ4v) is 8.89. The number of nitro groups is 2. The number of sulfone groups is 1. The molecular formula is C49H58Cl2F3N4O17PS. The van der Waals surface area contributed by atoms with Crippen LogP contribution in [0.2, 0.25) is 5.02 Å². The second kappa shape index (κ2) is 30.0. The lowest BCUT2D eigenvalue weighted by Crippen LogP contribution is -2.43. The minimum Gasteiger partial charge on any atom is -0.487 e. The molecule has 422 valence electrons. The van der Waals surface area contributed by atoms with Gasteiger partial charge in [0.05, 0.1) is 55.8 Å². The monoisotopic (exact) mass is 1160 g/mol. The van der Waals surface area contributed by atoms with Crippen LogP contribution in [0, 0.1) is 33.1 Å². The van der Waals surface area contributed by atoms with E-state index in [-0.39, 0.29) is 82.7 Å². The molecule has 1 aliphatic carbocycles. The molecule has 28 heteroatoms. The molecule has 0 saturated heterocycles. The van der Waals surface area contributed by atoms with Crippen molar-refractivity contribution < 1.29 is 84.2 Å². The number of methoxy groups -OCH3 is 1. The highest BCUT2D eigenvalue weighted by Gasteiger charge is 2.39. The number of ketones is 3. The van der Waals surface area contributed by atoms with E-state index in [2.05, 4.69) is 13.0 Å². The summed E-state index contributed by atoms with van der Waals surface area (Å²) in [6.07, 6.45) is -2.27. The molecule has 3 unspecified atom stereocenters. The molecule has 1 aliphatic rings. The predicted molar refractivity (Wildman–Crippen MR) is 280 cm³/mol. The number of hydrogen-bond donors (Lipinski definition) is 3. The van der Waals surface area contributed by atoms with Gasteiger partial charge in [0.15, 0.2) is 34.6 Å². The summed E-state index contributed by atoms with van der Waals surface area (Å²) in [5.74, 6) is -4.74. The van der Waals surface area contributed by atoms with Crippen molar-refractivity contribution in [2.45, 2.75) is 83.0 Å². The van der Waals surface area contributed by atoms with Crippen LogP contribution in [-0.2, 0) is 50.9 Å². The standard InChI is InChI=1S/C15H11ClF3NO4.C15H22ClNO2.C14H13NO7S.C5H12NO4P/c1-2-23-14-8-10(4-5-12(14)20(21)22)24-13-6-3-9(7-11(13)16)15(17,18)19;1-5-13-8-6-7-11(2)15(13)17(14(18)9-16)12(3)10-19-4;1-23(21,22)8-5-6-9(10(7-8)15(19)20)14(18)13-11(16)3-2-4-12(13)17;1-11(9,10)3-2-4(6)5(7)8/h3-8H,2H2,1H3;6-8,12H,5,9-10H2,1-4H3;5-7,13H,2-4H2,1H3;4H,2-3,6H2,1H3,(H,7,8)(H,9,10). The van der Waals surface area contributed by atoms with Crippen LogP contribution in [0.15, 0.2) is 77.7 Å². The average molecular weight is 1170 g/mol. The van der Waals surface area contributed by atoms with Crippen molar-refractivity contribution in [2.75, 3.05) is 50.2 Å². The number of nitro benzene ring substituents is 2. The molecule has 4 aromatic carbocycles. The largest absolute Gasteiger partial charge is 0.487 e. The van der Waals surface area contributed by atoms with Crippen molar-refractivity contribution in [1.82, 2.24) is 0 Å². The van der Waals surface area contributed by atoms with Crippen molar-refractivity contribution >= 4 is 86.7 Å². The molecule has 5 rings (SSSR count). The zero-order chi connectivity index (χ0) is 58.7. The quantitative estimate of drug-likeness (QED) is 0.0196. The van der Waals surface area contributed by atoms with E-state index in [1.54, 1.807) is 18.9 Å². The van der Waals surface area contributed by atoms with Gasteiger partial charge in [0.2, 0.25) is 11.7 Å². The van der Waals surface area contributed by atoms with E-state index in [9.17, 15) is 70.4 Å². The van der Waals surface area contributed by atoms with Gasteiger partial charge in [0, 0.05) is 57.2 Å². The summed E-state index contributed by atoms with van der Waals surface area (Å²) in [7, 11) is -5.16. The van der Waals surface area contributed by atoms with E-state index in [0.717, 1.165) is 65.9 Å². The van der Waals surface area contributed by atoms with Gasteiger partial charge in [-0.3, -0.25) is 48.8 Å². The number of amides is 1. The second-order valence-corrected chi connectivity index (χ2v) is 22.2. The predicted octanol–water partition coefficient (Wildman–Crippen LogP) is 9.43. The van der Waals surface area contributed by atoms with Crippen LogP contribution < -0.4 is 20.1 Å². The maximum Gasteiger partial charge on any atom is 0.416 e. The van der Waals surface area contributed by atoms with Crippen molar-refractivity contribution in [1.29, 1.82) is 0 Å². The van der Waals surface area contributed by atoms with E-state index >= 15 is 0 Å². The van der Waals surface area contributed by atoms with Crippen LogP contribution in [0.3, 0.4) is 0 Å². The number of nitrogens with two attached hydrogens (primary N) is 1. The van der Waals surface area contributed by atoms with E-state index in [4.69, 9.17) is 53.1 Å². The fourth-order valence-electron chi connectivity index (χ4n) is 7.14. The van der Waals surface area contributed by atoms with Gasteiger partial charge in [-0.15, -0.1) is 11.6 Å². The van der Waals surface area contributed by atoms with Gasteiger partial charge in [-0.05, 0) is 87.6 Å². The third-order valence-corrected chi connectivity index (χ3v) is 13.6. The number of alkyl halides is 4. The minimum absolute atomic E-state index is 0.0111. The third kappa shape index (κ3) is 20.5. The number of ether oxygens (including phenoxy) is 3. The first-order chi connectivity index (χ1) is 35.7. The van der Waals surface area contributed by atoms with Gasteiger partial charge in [0.25, 0.3) is 5.69 Å². The number of rotatable bonds is 19. The number of carboxylic acids is 1. The van der Waals surface area contributed by atoms with E-state index in [1.165, 1.54) is 24.9 Å². The summed E-state index contributed by atoms with van der Waals surface area (Å²) in [6, 6.07) is 14.2. The molecule has 77 heavy (non-hydrogen) atoms. The average Bonchev–Trinajstić information content (AvgIpc) is 3.34.